The molecule has 0 heterocycles. The van der Waals surface area contributed by atoms with E-state index in [2.05, 4.69) is 19.2 Å². The molecule has 0 spiro atoms. The zero-order valence-electron chi connectivity index (χ0n) is 9.46. The molecular formula is C10H23NO2. The van der Waals surface area contributed by atoms with Crippen molar-refractivity contribution in [1.29, 1.82) is 0 Å². The van der Waals surface area contributed by atoms with Crippen LogP contribution in [0.25, 0.3) is 0 Å². The predicted molar refractivity (Wildman–Crippen MR) is 55.0 cm³/mol. The van der Waals surface area contributed by atoms with Gasteiger partial charge in [0.15, 0.2) is 0 Å². The van der Waals surface area contributed by atoms with E-state index in [0.717, 1.165) is 0 Å². The van der Waals surface area contributed by atoms with Crippen LogP contribution in [-0.2, 0) is 9.47 Å². The SMILES string of the molecule is COCC(COC(C)C)NC(C)C. The second-order valence-corrected chi connectivity index (χ2v) is 3.86. The third kappa shape index (κ3) is 8.22. The van der Waals surface area contributed by atoms with Gasteiger partial charge >= 0.3 is 0 Å². The first kappa shape index (κ1) is 12.9. The topological polar surface area (TPSA) is 30.5 Å². The molecule has 3 nitrogen and oxygen atoms in total. The molecule has 80 valence electrons. The first-order chi connectivity index (χ1) is 6.06. The molecule has 3 heteroatoms. The van der Waals surface area contributed by atoms with Gasteiger partial charge in [-0.05, 0) is 13.8 Å². The highest BCUT2D eigenvalue weighted by Gasteiger charge is 2.10. The van der Waals surface area contributed by atoms with Gasteiger partial charge in [-0.2, -0.15) is 0 Å². The Morgan fingerprint density at radius 1 is 1.08 bits per heavy atom. The van der Waals surface area contributed by atoms with Gasteiger partial charge in [0.1, 0.15) is 0 Å². The summed E-state index contributed by atoms with van der Waals surface area (Å²) in [6, 6.07) is 0.767. The number of rotatable bonds is 7. The van der Waals surface area contributed by atoms with E-state index in [1.54, 1.807) is 7.11 Å². The average molecular weight is 189 g/mol. The minimum atomic E-state index is 0.285. The van der Waals surface area contributed by atoms with Crippen molar-refractivity contribution in [2.75, 3.05) is 20.3 Å². The van der Waals surface area contributed by atoms with Crippen LogP contribution in [-0.4, -0.2) is 38.5 Å². The predicted octanol–water partition coefficient (Wildman–Crippen LogP) is 1.42. The standard InChI is InChI=1S/C10H23NO2/c1-8(2)11-10(6-12-5)7-13-9(3)4/h8-11H,6-7H2,1-5H3. The molecule has 0 fully saturated rings. The summed E-state index contributed by atoms with van der Waals surface area (Å²) in [5.41, 5.74) is 0. The lowest BCUT2D eigenvalue weighted by Crippen LogP contribution is -2.41. The Morgan fingerprint density at radius 2 is 1.69 bits per heavy atom. The molecule has 0 aliphatic rings. The Labute approximate surface area is 81.8 Å². The van der Waals surface area contributed by atoms with E-state index in [9.17, 15) is 0 Å². The average Bonchev–Trinajstić information content (AvgIpc) is 1.99. The summed E-state index contributed by atoms with van der Waals surface area (Å²) in [4.78, 5) is 0. The number of hydrogen-bond donors (Lipinski definition) is 1. The normalized spacial score (nSPS) is 14.1. The molecule has 0 aliphatic carbocycles. The third-order valence-electron chi connectivity index (χ3n) is 1.57. The molecule has 1 N–H and O–H groups in total. The quantitative estimate of drug-likeness (QED) is 0.657. The van der Waals surface area contributed by atoms with E-state index < -0.39 is 0 Å². The highest BCUT2D eigenvalue weighted by Crippen LogP contribution is 1.94. The third-order valence-corrected chi connectivity index (χ3v) is 1.57. The first-order valence-electron chi connectivity index (χ1n) is 4.92. The fraction of sp³-hybridized carbons (Fsp3) is 1.00. The van der Waals surface area contributed by atoms with E-state index in [1.165, 1.54) is 0 Å². The van der Waals surface area contributed by atoms with Crippen LogP contribution in [0.1, 0.15) is 27.7 Å². The van der Waals surface area contributed by atoms with Crippen LogP contribution in [0.15, 0.2) is 0 Å². The Bertz CT molecular complexity index is 115. The van der Waals surface area contributed by atoms with Crippen molar-refractivity contribution in [2.45, 2.75) is 45.9 Å². The molecule has 0 rings (SSSR count). The summed E-state index contributed by atoms with van der Waals surface area (Å²) in [5.74, 6) is 0. The zero-order valence-corrected chi connectivity index (χ0v) is 9.46. The van der Waals surface area contributed by atoms with Crippen LogP contribution in [0.4, 0.5) is 0 Å². The van der Waals surface area contributed by atoms with Gasteiger partial charge in [0, 0.05) is 13.2 Å². The Hall–Kier alpha value is -0.120. The van der Waals surface area contributed by atoms with Crippen LogP contribution in [0.5, 0.6) is 0 Å². The van der Waals surface area contributed by atoms with Crippen molar-refractivity contribution >= 4 is 0 Å². The number of hydrogen-bond acceptors (Lipinski definition) is 3. The van der Waals surface area contributed by atoms with Crippen LogP contribution >= 0.6 is 0 Å². The van der Waals surface area contributed by atoms with Crippen molar-refractivity contribution in [1.82, 2.24) is 5.32 Å². The van der Waals surface area contributed by atoms with Gasteiger partial charge in [-0.3, -0.25) is 0 Å². The maximum Gasteiger partial charge on any atom is 0.0645 e. The summed E-state index contributed by atoms with van der Waals surface area (Å²) in [6.45, 7) is 9.74. The lowest BCUT2D eigenvalue weighted by molar-refractivity contribution is 0.0370. The molecule has 0 aliphatic heterocycles. The Balaban J connectivity index is 3.66. The summed E-state index contributed by atoms with van der Waals surface area (Å²) in [5, 5.41) is 3.39. The van der Waals surface area contributed by atoms with Crippen LogP contribution in [0, 0.1) is 0 Å². The minimum Gasteiger partial charge on any atom is -0.383 e. The Morgan fingerprint density at radius 3 is 2.08 bits per heavy atom. The summed E-state index contributed by atoms with van der Waals surface area (Å²) in [7, 11) is 1.71. The molecule has 0 aromatic rings. The largest absolute Gasteiger partial charge is 0.383 e. The van der Waals surface area contributed by atoms with Gasteiger partial charge in [-0.15, -0.1) is 0 Å². The monoisotopic (exact) mass is 189 g/mol. The van der Waals surface area contributed by atoms with E-state index in [0.29, 0.717) is 25.3 Å². The second kappa shape index (κ2) is 7.30. The second-order valence-electron chi connectivity index (χ2n) is 3.86. The van der Waals surface area contributed by atoms with Gasteiger partial charge in [-0.25, -0.2) is 0 Å². The van der Waals surface area contributed by atoms with Crippen molar-refractivity contribution in [3.05, 3.63) is 0 Å². The summed E-state index contributed by atoms with van der Waals surface area (Å²) in [6.07, 6.45) is 0.285. The van der Waals surface area contributed by atoms with E-state index in [-0.39, 0.29) is 6.10 Å². The fourth-order valence-corrected chi connectivity index (χ4v) is 1.13. The van der Waals surface area contributed by atoms with Gasteiger partial charge in [0.25, 0.3) is 0 Å². The Kier molecular flexibility index (Phi) is 7.23. The lowest BCUT2D eigenvalue weighted by atomic mass is 10.3. The van der Waals surface area contributed by atoms with Crippen molar-refractivity contribution in [2.24, 2.45) is 0 Å². The maximum absolute atomic E-state index is 5.51. The van der Waals surface area contributed by atoms with Gasteiger partial charge in [-0.1, -0.05) is 13.8 Å². The van der Waals surface area contributed by atoms with E-state index in [1.807, 2.05) is 13.8 Å². The summed E-state index contributed by atoms with van der Waals surface area (Å²) < 4.78 is 10.6. The molecule has 0 saturated heterocycles. The van der Waals surface area contributed by atoms with E-state index in [4.69, 9.17) is 9.47 Å². The maximum atomic E-state index is 5.51. The molecule has 13 heavy (non-hydrogen) atoms. The minimum absolute atomic E-state index is 0.285. The lowest BCUT2D eigenvalue weighted by Gasteiger charge is -2.21. The van der Waals surface area contributed by atoms with Gasteiger partial charge < -0.3 is 14.8 Å². The fourth-order valence-electron chi connectivity index (χ4n) is 1.13. The van der Waals surface area contributed by atoms with Gasteiger partial charge in [0.2, 0.25) is 0 Å². The van der Waals surface area contributed by atoms with Crippen LogP contribution in [0.2, 0.25) is 0 Å². The van der Waals surface area contributed by atoms with E-state index >= 15 is 0 Å². The van der Waals surface area contributed by atoms with Crippen molar-refractivity contribution < 1.29 is 9.47 Å². The smallest absolute Gasteiger partial charge is 0.0645 e. The molecule has 1 unspecified atom stereocenters. The van der Waals surface area contributed by atoms with Crippen molar-refractivity contribution in [3.63, 3.8) is 0 Å². The highest BCUT2D eigenvalue weighted by molar-refractivity contribution is 4.68. The number of methoxy groups -OCH3 is 1. The summed E-state index contributed by atoms with van der Waals surface area (Å²) >= 11 is 0. The molecule has 0 aromatic heterocycles. The molecule has 1 atom stereocenters. The van der Waals surface area contributed by atoms with Crippen LogP contribution < -0.4 is 5.32 Å². The molecule has 0 radical (unpaired) electrons. The molecule has 0 aromatic carbocycles. The zero-order chi connectivity index (χ0) is 10.3. The molecule has 0 amide bonds. The van der Waals surface area contributed by atoms with Gasteiger partial charge in [0.05, 0.1) is 25.4 Å². The molecule has 0 bridgehead atoms. The first-order valence-corrected chi connectivity index (χ1v) is 4.92. The van der Waals surface area contributed by atoms with Crippen LogP contribution in [0.3, 0.4) is 0 Å². The number of nitrogens with one attached hydrogen (secondary N) is 1. The molecule has 0 saturated carbocycles. The highest BCUT2D eigenvalue weighted by atomic mass is 16.5. The number of ether oxygens (including phenoxy) is 2. The molecular weight excluding hydrogens is 166 g/mol. The van der Waals surface area contributed by atoms with Crippen molar-refractivity contribution in [3.8, 4) is 0 Å².